The highest BCUT2D eigenvalue weighted by Crippen LogP contribution is 2.19. The molecule has 2 amide bonds. The number of carbonyl (C=O) groups is 2. The van der Waals surface area contributed by atoms with Crippen molar-refractivity contribution in [3.05, 3.63) is 12.7 Å². The molecule has 0 aromatic carbocycles. The number of hydrogen-bond donors (Lipinski definition) is 1. The van der Waals surface area contributed by atoms with E-state index in [0.29, 0.717) is 6.42 Å². The molecule has 0 aliphatic carbocycles. The second-order valence-electron chi connectivity index (χ2n) is 3.61. The predicted octanol–water partition coefficient (Wildman–Crippen LogP) is 1.64. The summed E-state index contributed by atoms with van der Waals surface area (Å²) in [5.41, 5.74) is -0.475. The van der Waals surface area contributed by atoms with Crippen molar-refractivity contribution in [3.8, 4) is 0 Å². The Balaban J connectivity index is 4.15. The Bertz CT molecular complexity index is 219. The van der Waals surface area contributed by atoms with E-state index in [4.69, 9.17) is 0 Å². The van der Waals surface area contributed by atoms with Gasteiger partial charge in [0, 0.05) is 11.8 Å². The minimum atomic E-state index is -0.475. The summed E-state index contributed by atoms with van der Waals surface area (Å²) in [7, 11) is 0. The monoisotopic (exact) mass is 183 g/mol. The van der Waals surface area contributed by atoms with Crippen molar-refractivity contribution in [3.63, 3.8) is 0 Å². The summed E-state index contributed by atoms with van der Waals surface area (Å²) >= 11 is 0. The van der Waals surface area contributed by atoms with E-state index in [-0.39, 0.29) is 18.2 Å². The molecule has 13 heavy (non-hydrogen) atoms. The number of rotatable bonds is 4. The van der Waals surface area contributed by atoms with Gasteiger partial charge in [-0.05, 0) is 6.42 Å². The van der Waals surface area contributed by atoms with E-state index in [1.807, 2.05) is 20.8 Å². The van der Waals surface area contributed by atoms with Gasteiger partial charge < -0.3 is 0 Å². The van der Waals surface area contributed by atoms with Crippen LogP contribution in [0, 0.1) is 5.41 Å². The first-order valence-corrected chi connectivity index (χ1v) is 4.39. The van der Waals surface area contributed by atoms with Gasteiger partial charge in [-0.2, -0.15) is 0 Å². The smallest absolute Gasteiger partial charge is 0.232 e. The van der Waals surface area contributed by atoms with Crippen molar-refractivity contribution < 1.29 is 9.59 Å². The maximum absolute atomic E-state index is 11.4. The Morgan fingerprint density at radius 3 is 2.38 bits per heavy atom. The average Bonchev–Trinajstić information content (AvgIpc) is 2.04. The molecule has 0 aliphatic rings. The van der Waals surface area contributed by atoms with Crippen molar-refractivity contribution in [1.29, 1.82) is 0 Å². The standard InChI is InChI=1S/C10H17NO2/c1-5-7-8(12)11-9(13)10(3,4)6-2/h5H,1,6-7H2,2-4H3,(H,11,12,13). The van der Waals surface area contributed by atoms with Gasteiger partial charge in [-0.3, -0.25) is 14.9 Å². The molecule has 3 nitrogen and oxygen atoms in total. The minimum Gasteiger partial charge on any atom is -0.296 e. The maximum Gasteiger partial charge on any atom is 0.232 e. The first-order valence-electron chi connectivity index (χ1n) is 4.39. The van der Waals surface area contributed by atoms with E-state index in [2.05, 4.69) is 11.9 Å². The largest absolute Gasteiger partial charge is 0.296 e. The van der Waals surface area contributed by atoms with Crippen LogP contribution in [0.2, 0.25) is 0 Å². The van der Waals surface area contributed by atoms with E-state index in [1.54, 1.807) is 0 Å². The zero-order valence-electron chi connectivity index (χ0n) is 8.52. The van der Waals surface area contributed by atoms with E-state index in [9.17, 15) is 9.59 Å². The topological polar surface area (TPSA) is 46.2 Å². The van der Waals surface area contributed by atoms with Crippen LogP contribution in [0.4, 0.5) is 0 Å². The lowest BCUT2D eigenvalue weighted by Gasteiger charge is -2.20. The summed E-state index contributed by atoms with van der Waals surface area (Å²) in [5, 5.41) is 2.32. The number of imide groups is 1. The molecule has 1 N–H and O–H groups in total. The fraction of sp³-hybridized carbons (Fsp3) is 0.600. The molecule has 0 saturated carbocycles. The average molecular weight is 183 g/mol. The van der Waals surface area contributed by atoms with Gasteiger partial charge in [0.15, 0.2) is 0 Å². The quantitative estimate of drug-likeness (QED) is 0.673. The van der Waals surface area contributed by atoms with Crippen molar-refractivity contribution in [2.24, 2.45) is 5.41 Å². The molecule has 0 aromatic heterocycles. The van der Waals surface area contributed by atoms with Crippen LogP contribution in [0.5, 0.6) is 0 Å². The molecule has 0 saturated heterocycles. The molecule has 0 rings (SSSR count). The van der Waals surface area contributed by atoms with Gasteiger partial charge in [0.05, 0.1) is 0 Å². The molecule has 0 radical (unpaired) electrons. The van der Waals surface area contributed by atoms with Gasteiger partial charge in [0.25, 0.3) is 0 Å². The normalized spacial score (nSPS) is 10.7. The molecule has 0 atom stereocenters. The highest BCUT2D eigenvalue weighted by Gasteiger charge is 2.26. The van der Waals surface area contributed by atoms with Crippen LogP contribution in [0.15, 0.2) is 12.7 Å². The van der Waals surface area contributed by atoms with Crippen molar-refractivity contribution in [2.75, 3.05) is 0 Å². The molecule has 3 heteroatoms. The summed E-state index contributed by atoms with van der Waals surface area (Å²) in [4.78, 5) is 22.4. The zero-order chi connectivity index (χ0) is 10.5. The molecule has 0 spiro atoms. The van der Waals surface area contributed by atoms with Crippen LogP contribution in [0.25, 0.3) is 0 Å². The molecule has 74 valence electrons. The van der Waals surface area contributed by atoms with Gasteiger partial charge in [-0.15, -0.1) is 6.58 Å². The SMILES string of the molecule is C=CCC(=O)NC(=O)C(C)(C)CC. The van der Waals surface area contributed by atoms with Crippen LogP contribution in [-0.4, -0.2) is 11.8 Å². The third kappa shape index (κ3) is 3.87. The van der Waals surface area contributed by atoms with Crippen LogP contribution < -0.4 is 5.32 Å². The lowest BCUT2D eigenvalue weighted by molar-refractivity contribution is -0.135. The van der Waals surface area contributed by atoms with Crippen LogP contribution in [-0.2, 0) is 9.59 Å². The summed E-state index contributed by atoms with van der Waals surface area (Å²) in [6.45, 7) is 8.95. The Kier molecular flexibility index (Phi) is 4.38. The minimum absolute atomic E-state index is 0.186. The van der Waals surface area contributed by atoms with Crippen molar-refractivity contribution in [1.82, 2.24) is 5.32 Å². The Morgan fingerprint density at radius 2 is 2.00 bits per heavy atom. The van der Waals surface area contributed by atoms with Crippen molar-refractivity contribution >= 4 is 11.8 Å². The second-order valence-corrected chi connectivity index (χ2v) is 3.61. The summed E-state index contributed by atoms with van der Waals surface area (Å²) in [5.74, 6) is -0.511. The van der Waals surface area contributed by atoms with Gasteiger partial charge in [-0.1, -0.05) is 26.8 Å². The van der Waals surface area contributed by atoms with E-state index >= 15 is 0 Å². The van der Waals surface area contributed by atoms with E-state index < -0.39 is 5.41 Å². The number of hydrogen-bond acceptors (Lipinski definition) is 2. The zero-order valence-corrected chi connectivity index (χ0v) is 8.52. The molecular weight excluding hydrogens is 166 g/mol. The first-order chi connectivity index (χ1) is 5.94. The summed E-state index contributed by atoms with van der Waals surface area (Å²) in [6.07, 6.45) is 2.37. The Morgan fingerprint density at radius 1 is 1.46 bits per heavy atom. The lowest BCUT2D eigenvalue weighted by atomic mass is 9.89. The van der Waals surface area contributed by atoms with Gasteiger partial charge in [0.1, 0.15) is 0 Å². The first kappa shape index (κ1) is 11.9. The highest BCUT2D eigenvalue weighted by molar-refractivity contribution is 5.98. The molecule has 0 unspecified atom stereocenters. The van der Waals surface area contributed by atoms with Crippen LogP contribution in [0.1, 0.15) is 33.6 Å². The van der Waals surface area contributed by atoms with Crippen LogP contribution in [0.3, 0.4) is 0 Å². The van der Waals surface area contributed by atoms with Gasteiger partial charge in [-0.25, -0.2) is 0 Å². The van der Waals surface area contributed by atoms with Gasteiger partial charge >= 0.3 is 0 Å². The third-order valence-corrected chi connectivity index (χ3v) is 2.08. The number of nitrogens with one attached hydrogen (secondary N) is 1. The predicted molar refractivity (Wildman–Crippen MR) is 52.0 cm³/mol. The van der Waals surface area contributed by atoms with E-state index in [0.717, 1.165) is 0 Å². The van der Waals surface area contributed by atoms with Crippen molar-refractivity contribution in [2.45, 2.75) is 33.6 Å². The Labute approximate surface area is 79.2 Å². The summed E-state index contributed by atoms with van der Waals surface area (Å²) in [6, 6.07) is 0. The van der Waals surface area contributed by atoms with Gasteiger partial charge in [0.2, 0.25) is 11.8 Å². The molecule has 0 bridgehead atoms. The number of carbonyl (C=O) groups excluding carboxylic acids is 2. The molecule has 0 heterocycles. The number of amides is 2. The molecule has 0 aromatic rings. The second kappa shape index (κ2) is 4.80. The molecule has 0 fully saturated rings. The highest BCUT2D eigenvalue weighted by atomic mass is 16.2. The fourth-order valence-corrected chi connectivity index (χ4v) is 0.639. The summed E-state index contributed by atoms with van der Waals surface area (Å²) < 4.78 is 0. The van der Waals surface area contributed by atoms with Crippen LogP contribution >= 0.6 is 0 Å². The Hall–Kier alpha value is -1.12. The molecular formula is C10H17NO2. The maximum atomic E-state index is 11.4. The molecule has 0 aliphatic heterocycles. The third-order valence-electron chi connectivity index (χ3n) is 2.08. The van der Waals surface area contributed by atoms with E-state index in [1.165, 1.54) is 6.08 Å². The fourth-order valence-electron chi connectivity index (χ4n) is 0.639. The lowest BCUT2D eigenvalue weighted by Crippen LogP contribution is -2.39.